The summed E-state index contributed by atoms with van der Waals surface area (Å²) in [6.07, 6.45) is 24.9. The molecule has 0 rings (SSSR count). The molecule has 0 saturated heterocycles. The van der Waals surface area contributed by atoms with Crippen molar-refractivity contribution in [3.63, 3.8) is 0 Å². The van der Waals surface area contributed by atoms with E-state index >= 15 is 0 Å². The van der Waals surface area contributed by atoms with Crippen LogP contribution >= 0.6 is 0 Å². The Balaban J connectivity index is 3.07. The van der Waals surface area contributed by atoms with E-state index in [1.807, 2.05) is 0 Å². The molecule has 0 unspecified atom stereocenters. The fraction of sp³-hybridized carbons (Fsp3) is 0.722. The first-order chi connectivity index (χ1) is 8.91. The monoisotopic (exact) mass is 249 g/mol. The highest BCUT2D eigenvalue weighted by atomic mass is 14.0. The van der Waals surface area contributed by atoms with Gasteiger partial charge in [0.05, 0.1) is 0 Å². The number of unbranched alkanes of at least 4 members (excludes halogenated alkanes) is 10. The molecule has 0 aliphatic carbocycles. The first-order valence-electron chi connectivity index (χ1n) is 8.02. The van der Waals surface area contributed by atoms with Gasteiger partial charge in [-0.25, -0.2) is 0 Å². The van der Waals surface area contributed by atoms with E-state index in [1.54, 1.807) is 0 Å². The predicted octanol–water partition coefficient (Wildman–Crippen LogP) is 6.63. The Bertz CT molecular complexity index is 188. The Hall–Kier alpha value is -0.520. The topological polar surface area (TPSA) is 0 Å². The van der Waals surface area contributed by atoms with E-state index in [0.717, 1.165) is 6.42 Å². The van der Waals surface area contributed by atoms with Crippen molar-refractivity contribution in [2.24, 2.45) is 0 Å². The van der Waals surface area contributed by atoms with Crippen molar-refractivity contribution in [1.29, 1.82) is 0 Å². The number of rotatable bonds is 13. The zero-order chi connectivity index (χ0) is 13.3. The highest BCUT2D eigenvalue weighted by Gasteiger charge is 1.90. The molecule has 0 aromatic heterocycles. The van der Waals surface area contributed by atoms with Crippen molar-refractivity contribution in [3.05, 3.63) is 31.2 Å². The first kappa shape index (κ1) is 17.5. The molecule has 0 bridgehead atoms. The molecule has 0 saturated carbocycles. The molecular formula is C18H33. The summed E-state index contributed by atoms with van der Waals surface area (Å²) in [7, 11) is 0. The fourth-order valence-electron chi connectivity index (χ4n) is 2.02. The van der Waals surface area contributed by atoms with Gasteiger partial charge in [-0.2, -0.15) is 0 Å². The van der Waals surface area contributed by atoms with Crippen LogP contribution < -0.4 is 0 Å². The zero-order valence-electron chi connectivity index (χ0n) is 12.5. The molecule has 18 heavy (non-hydrogen) atoms. The van der Waals surface area contributed by atoms with Crippen molar-refractivity contribution in [2.45, 2.75) is 84.0 Å². The SMILES string of the molecule is [CH2]CCCCCCCCCCC=CC=CCCC. The van der Waals surface area contributed by atoms with Crippen LogP contribution in [0.1, 0.15) is 84.0 Å². The molecule has 105 valence electrons. The van der Waals surface area contributed by atoms with Gasteiger partial charge >= 0.3 is 0 Å². The molecule has 0 heterocycles. The summed E-state index contributed by atoms with van der Waals surface area (Å²) < 4.78 is 0. The van der Waals surface area contributed by atoms with Crippen molar-refractivity contribution < 1.29 is 0 Å². The van der Waals surface area contributed by atoms with Gasteiger partial charge in [0.25, 0.3) is 0 Å². The van der Waals surface area contributed by atoms with Crippen LogP contribution in [0.15, 0.2) is 24.3 Å². The van der Waals surface area contributed by atoms with E-state index in [0.29, 0.717) is 0 Å². The summed E-state index contributed by atoms with van der Waals surface area (Å²) in [6.45, 7) is 6.09. The van der Waals surface area contributed by atoms with Crippen LogP contribution in [-0.2, 0) is 0 Å². The van der Waals surface area contributed by atoms with E-state index in [9.17, 15) is 0 Å². The average Bonchev–Trinajstić information content (AvgIpc) is 2.39. The first-order valence-corrected chi connectivity index (χ1v) is 8.02. The number of hydrogen-bond acceptors (Lipinski definition) is 0. The van der Waals surface area contributed by atoms with Crippen LogP contribution in [0.3, 0.4) is 0 Å². The lowest BCUT2D eigenvalue weighted by atomic mass is 10.1. The summed E-state index contributed by atoms with van der Waals surface area (Å²) in [4.78, 5) is 0. The molecule has 0 nitrogen and oxygen atoms in total. The van der Waals surface area contributed by atoms with Crippen LogP contribution in [0.25, 0.3) is 0 Å². The third-order valence-corrected chi connectivity index (χ3v) is 3.21. The summed E-state index contributed by atoms with van der Waals surface area (Å²) >= 11 is 0. The maximum absolute atomic E-state index is 3.87. The van der Waals surface area contributed by atoms with Gasteiger partial charge in [-0.1, -0.05) is 95.9 Å². The lowest BCUT2D eigenvalue weighted by molar-refractivity contribution is 0.571. The van der Waals surface area contributed by atoms with E-state index in [2.05, 4.69) is 38.2 Å². The minimum Gasteiger partial charge on any atom is -0.0846 e. The molecule has 0 spiro atoms. The van der Waals surface area contributed by atoms with E-state index < -0.39 is 0 Å². The quantitative estimate of drug-likeness (QED) is 0.254. The molecular weight excluding hydrogens is 216 g/mol. The molecule has 0 aromatic carbocycles. The van der Waals surface area contributed by atoms with Gasteiger partial charge in [0.1, 0.15) is 0 Å². The summed E-state index contributed by atoms with van der Waals surface area (Å²) in [5.74, 6) is 0. The molecule has 0 heteroatoms. The second-order valence-electron chi connectivity index (χ2n) is 5.12. The maximum Gasteiger partial charge on any atom is -0.0348 e. The lowest BCUT2D eigenvalue weighted by Gasteiger charge is -2.00. The van der Waals surface area contributed by atoms with Gasteiger partial charge in [-0.3, -0.25) is 0 Å². The largest absolute Gasteiger partial charge is 0.0846 e. The highest BCUT2D eigenvalue weighted by Crippen LogP contribution is 2.10. The normalized spacial score (nSPS) is 11.9. The minimum absolute atomic E-state index is 1.11. The molecule has 1 radical (unpaired) electrons. The third-order valence-electron chi connectivity index (χ3n) is 3.21. The van der Waals surface area contributed by atoms with Crippen LogP contribution in [0, 0.1) is 6.92 Å². The van der Waals surface area contributed by atoms with Crippen molar-refractivity contribution in [1.82, 2.24) is 0 Å². The fourth-order valence-corrected chi connectivity index (χ4v) is 2.02. The van der Waals surface area contributed by atoms with Gasteiger partial charge in [0.2, 0.25) is 0 Å². The predicted molar refractivity (Wildman–Crippen MR) is 84.7 cm³/mol. The molecule has 0 fully saturated rings. The average molecular weight is 249 g/mol. The Labute approximate surface area is 116 Å². The van der Waals surface area contributed by atoms with Gasteiger partial charge in [0, 0.05) is 0 Å². The molecule has 0 aliphatic rings. The Morgan fingerprint density at radius 2 is 1.17 bits per heavy atom. The highest BCUT2D eigenvalue weighted by molar-refractivity contribution is 5.02. The van der Waals surface area contributed by atoms with Crippen LogP contribution in [0.2, 0.25) is 0 Å². The summed E-state index contributed by atoms with van der Waals surface area (Å²) in [6, 6.07) is 0. The summed E-state index contributed by atoms with van der Waals surface area (Å²) in [5.41, 5.74) is 0. The number of hydrogen-bond donors (Lipinski definition) is 0. The van der Waals surface area contributed by atoms with Crippen molar-refractivity contribution in [2.75, 3.05) is 0 Å². The smallest absolute Gasteiger partial charge is 0.0348 e. The summed E-state index contributed by atoms with van der Waals surface area (Å²) in [5, 5.41) is 0. The van der Waals surface area contributed by atoms with Gasteiger partial charge in [-0.05, 0) is 19.3 Å². The second-order valence-corrected chi connectivity index (χ2v) is 5.12. The van der Waals surface area contributed by atoms with Crippen molar-refractivity contribution in [3.8, 4) is 0 Å². The van der Waals surface area contributed by atoms with Crippen LogP contribution in [-0.4, -0.2) is 0 Å². The van der Waals surface area contributed by atoms with Crippen LogP contribution in [0.5, 0.6) is 0 Å². The molecule has 0 N–H and O–H groups in total. The Kier molecular flexibility index (Phi) is 16.0. The van der Waals surface area contributed by atoms with Crippen molar-refractivity contribution >= 4 is 0 Å². The third kappa shape index (κ3) is 15.5. The van der Waals surface area contributed by atoms with Gasteiger partial charge < -0.3 is 0 Å². The van der Waals surface area contributed by atoms with Gasteiger partial charge in [-0.15, -0.1) is 0 Å². The zero-order valence-corrected chi connectivity index (χ0v) is 12.5. The molecule has 0 aliphatic heterocycles. The van der Waals surface area contributed by atoms with Crippen LogP contribution in [0.4, 0.5) is 0 Å². The van der Waals surface area contributed by atoms with Gasteiger partial charge in [0.15, 0.2) is 0 Å². The van der Waals surface area contributed by atoms with E-state index in [4.69, 9.17) is 0 Å². The maximum atomic E-state index is 3.87. The number of allylic oxidation sites excluding steroid dienone is 4. The lowest BCUT2D eigenvalue weighted by Crippen LogP contribution is -1.80. The second kappa shape index (κ2) is 16.5. The van der Waals surface area contributed by atoms with E-state index in [-0.39, 0.29) is 0 Å². The van der Waals surface area contributed by atoms with E-state index in [1.165, 1.54) is 70.6 Å². The Morgan fingerprint density at radius 1 is 0.667 bits per heavy atom. The minimum atomic E-state index is 1.11. The molecule has 0 amide bonds. The Morgan fingerprint density at radius 3 is 1.72 bits per heavy atom. The molecule has 0 aromatic rings. The standard InChI is InChI=1S/C18H33/c1-3-5-7-9-11-13-15-17-18-16-14-12-10-8-6-4-2/h8,10,12,14H,1,3-7,9,11,13,15-18H2,2H3. The molecule has 0 atom stereocenters.